The number of hydrogen-bond donors (Lipinski definition) is 2. The minimum Gasteiger partial charge on any atom is -0.443 e. The molecule has 3 N–H and O–H groups in total. The van der Waals surface area contributed by atoms with Gasteiger partial charge in [-0.25, -0.2) is 0 Å². The van der Waals surface area contributed by atoms with Crippen molar-refractivity contribution in [2.45, 2.75) is 19.8 Å². The lowest BCUT2D eigenvalue weighted by molar-refractivity contribution is 0.503. The number of nitrogens with zero attached hydrogens (tertiary/aromatic N) is 1. The highest BCUT2D eigenvalue weighted by Crippen LogP contribution is 1.77. The summed E-state index contributed by atoms with van der Waals surface area (Å²) in [5.74, 6) is 0. The lowest BCUT2D eigenvalue weighted by atomic mass is 10.3. The fraction of sp³-hybridized carbons (Fsp3) is 0.800. The van der Waals surface area contributed by atoms with Gasteiger partial charge in [-0.15, -0.1) is 0 Å². The highest BCUT2D eigenvalue weighted by atomic mass is 16.2. The predicted molar refractivity (Wildman–Crippen MR) is 31.5 cm³/mol. The number of nitriles is 1. The first kappa shape index (κ1) is 10.3. The summed E-state index contributed by atoms with van der Waals surface area (Å²) in [7, 11) is 0. The molecule has 0 aromatic carbocycles. The Balaban J connectivity index is 0. The Morgan fingerprint density at radius 3 is 2.12 bits per heavy atom. The van der Waals surface area contributed by atoms with Crippen LogP contribution in [0.2, 0.25) is 0 Å². The molecular formula is C5H12N2O. The summed E-state index contributed by atoms with van der Waals surface area (Å²) in [5, 5.41) is 13.8. The number of hydrogen-bond acceptors (Lipinski definition) is 3. The van der Waals surface area contributed by atoms with Crippen molar-refractivity contribution in [2.75, 3.05) is 6.54 Å². The van der Waals surface area contributed by atoms with Crippen molar-refractivity contribution in [2.24, 2.45) is 5.73 Å². The van der Waals surface area contributed by atoms with Crippen LogP contribution in [-0.4, -0.2) is 11.7 Å². The molecule has 0 aliphatic heterocycles. The average Bonchev–Trinajstić information content (AvgIpc) is 1.71. The van der Waals surface area contributed by atoms with Crippen molar-refractivity contribution < 1.29 is 5.11 Å². The molecule has 48 valence electrons. The first-order valence-electron chi connectivity index (χ1n) is 2.56. The first-order chi connectivity index (χ1) is 3.83. The molecule has 0 aliphatic rings. The maximum absolute atomic E-state index is 6.88. The molecule has 0 spiro atoms. The molecule has 0 saturated carbocycles. The van der Waals surface area contributed by atoms with Gasteiger partial charge in [0.25, 0.3) is 6.26 Å². The van der Waals surface area contributed by atoms with Crippen molar-refractivity contribution in [3.63, 3.8) is 0 Å². The average molecular weight is 116 g/mol. The Morgan fingerprint density at radius 1 is 1.75 bits per heavy atom. The zero-order valence-corrected chi connectivity index (χ0v) is 5.09. The van der Waals surface area contributed by atoms with E-state index < -0.39 is 0 Å². The van der Waals surface area contributed by atoms with E-state index in [0.717, 1.165) is 12.8 Å². The molecule has 0 saturated heterocycles. The molecule has 3 heteroatoms. The van der Waals surface area contributed by atoms with Gasteiger partial charge in [0, 0.05) is 0 Å². The van der Waals surface area contributed by atoms with Gasteiger partial charge < -0.3 is 10.8 Å². The minimum absolute atomic E-state index is 0.750. The molecule has 0 aromatic heterocycles. The monoisotopic (exact) mass is 116 g/mol. The van der Waals surface area contributed by atoms with Crippen molar-refractivity contribution in [3.05, 3.63) is 0 Å². The molecule has 0 aromatic rings. The van der Waals surface area contributed by atoms with Crippen LogP contribution in [-0.2, 0) is 0 Å². The number of nitrogens with two attached hydrogens (primary N) is 1. The molecule has 0 unspecified atom stereocenters. The van der Waals surface area contributed by atoms with E-state index in [-0.39, 0.29) is 0 Å². The molecule has 8 heavy (non-hydrogen) atoms. The Morgan fingerprint density at radius 2 is 2.12 bits per heavy atom. The molecule has 0 heterocycles. The van der Waals surface area contributed by atoms with E-state index in [4.69, 9.17) is 16.1 Å². The first-order valence-corrected chi connectivity index (χ1v) is 2.56. The largest absolute Gasteiger partial charge is 0.443 e. The van der Waals surface area contributed by atoms with Gasteiger partial charge in [-0.1, -0.05) is 13.3 Å². The van der Waals surface area contributed by atoms with E-state index in [0.29, 0.717) is 0 Å². The molecular weight excluding hydrogens is 104 g/mol. The Kier molecular flexibility index (Phi) is 20.9. The maximum Gasteiger partial charge on any atom is 0.283 e. The summed E-state index contributed by atoms with van der Waals surface area (Å²) in [4.78, 5) is 0. The second-order valence-corrected chi connectivity index (χ2v) is 1.24. The third-order valence-corrected chi connectivity index (χ3v) is 0.558. The third kappa shape index (κ3) is 60.7. The topological polar surface area (TPSA) is 70.0 Å². The summed E-state index contributed by atoms with van der Waals surface area (Å²) in [6.07, 6.45) is 3.14. The lowest BCUT2D eigenvalue weighted by Gasteiger charge is -1.80. The van der Waals surface area contributed by atoms with Gasteiger partial charge in [-0.05, 0) is 13.0 Å². The van der Waals surface area contributed by atoms with E-state index in [2.05, 4.69) is 6.92 Å². The van der Waals surface area contributed by atoms with E-state index in [1.165, 1.54) is 12.8 Å². The molecule has 0 rings (SSSR count). The third-order valence-electron chi connectivity index (χ3n) is 0.558. The molecule has 0 aliphatic carbocycles. The van der Waals surface area contributed by atoms with Gasteiger partial charge >= 0.3 is 0 Å². The SMILES string of the molecule is CCCCN.N#CO. The standard InChI is InChI=1S/C4H11N.CHNO/c1-2-3-4-5;2-1-3/h2-5H2,1H3;3H. The number of unbranched alkanes of at least 4 members (excludes halogenated alkanes) is 1. The summed E-state index contributed by atoms with van der Waals surface area (Å²) in [5.41, 5.74) is 5.14. The zero-order valence-electron chi connectivity index (χ0n) is 5.09. The van der Waals surface area contributed by atoms with Crippen LogP contribution < -0.4 is 5.73 Å². The normalized spacial score (nSPS) is 6.12. The number of aliphatic hydroxyl groups is 1. The molecule has 0 atom stereocenters. The van der Waals surface area contributed by atoms with Gasteiger partial charge in [-0.3, -0.25) is 0 Å². The highest BCUT2D eigenvalue weighted by Gasteiger charge is 1.67. The fourth-order valence-corrected chi connectivity index (χ4v) is 0.204. The van der Waals surface area contributed by atoms with E-state index in [1.54, 1.807) is 0 Å². The Labute approximate surface area is 49.7 Å². The van der Waals surface area contributed by atoms with Crippen LogP contribution in [0.1, 0.15) is 19.8 Å². The van der Waals surface area contributed by atoms with Crippen LogP contribution in [0.15, 0.2) is 0 Å². The van der Waals surface area contributed by atoms with E-state index in [9.17, 15) is 0 Å². The highest BCUT2D eigenvalue weighted by molar-refractivity contribution is 4.31. The second-order valence-electron chi connectivity index (χ2n) is 1.24. The molecule has 0 amide bonds. The quantitative estimate of drug-likeness (QED) is 0.518. The Bertz CT molecular complexity index is 55.9. The Hall–Kier alpha value is -0.750. The van der Waals surface area contributed by atoms with Crippen LogP contribution in [0, 0.1) is 11.5 Å². The minimum atomic E-state index is 0.750. The number of aliphatic hydroxyl groups excluding tert-OH is 1. The van der Waals surface area contributed by atoms with Crippen LogP contribution in [0.5, 0.6) is 0 Å². The van der Waals surface area contributed by atoms with Crippen LogP contribution in [0.4, 0.5) is 0 Å². The smallest absolute Gasteiger partial charge is 0.283 e. The lowest BCUT2D eigenvalue weighted by Crippen LogP contribution is -1.95. The van der Waals surface area contributed by atoms with Crippen molar-refractivity contribution >= 4 is 0 Å². The summed E-state index contributed by atoms with van der Waals surface area (Å²) < 4.78 is 0. The fourth-order valence-electron chi connectivity index (χ4n) is 0.204. The summed E-state index contributed by atoms with van der Waals surface area (Å²) in [6.45, 7) is 2.98. The van der Waals surface area contributed by atoms with Gasteiger partial charge in [0.1, 0.15) is 0 Å². The molecule has 0 bridgehead atoms. The summed E-state index contributed by atoms with van der Waals surface area (Å²) >= 11 is 0. The maximum atomic E-state index is 6.88. The van der Waals surface area contributed by atoms with Crippen LogP contribution >= 0.6 is 0 Å². The van der Waals surface area contributed by atoms with E-state index >= 15 is 0 Å². The zero-order chi connectivity index (χ0) is 6.83. The van der Waals surface area contributed by atoms with Crippen LogP contribution in [0.25, 0.3) is 0 Å². The molecule has 0 fully saturated rings. The second kappa shape index (κ2) is 16.3. The van der Waals surface area contributed by atoms with E-state index in [1.807, 2.05) is 0 Å². The molecule has 0 radical (unpaired) electrons. The predicted octanol–water partition coefficient (Wildman–Crippen LogP) is 0.585. The van der Waals surface area contributed by atoms with Crippen molar-refractivity contribution in [1.29, 1.82) is 5.26 Å². The van der Waals surface area contributed by atoms with Gasteiger partial charge in [0.05, 0.1) is 0 Å². The van der Waals surface area contributed by atoms with Crippen molar-refractivity contribution in [1.82, 2.24) is 0 Å². The van der Waals surface area contributed by atoms with Gasteiger partial charge in [0.15, 0.2) is 0 Å². The van der Waals surface area contributed by atoms with Gasteiger partial charge in [-0.2, -0.15) is 5.26 Å². The molecule has 3 nitrogen and oxygen atoms in total. The summed E-state index contributed by atoms with van der Waals surface area (Å²) in [6, 6.07) is 0. The van der Waals surface area contributed by atoms with Gasteiger partial charge in [0.2, 0.25) is 0 Å². The van der Waals surface area contributed by atoms with Crippen LogP contribution in [0.3, 0.4) is 0 Å². The number of rotatable bonds is 2. The van der Waals surface area contributed by atoms with Crippen molar-refractivity contribution in [3.8, 4) is 6.26 Å².